The summed E-state index contributed by atoms with van der Waals surface area (Å²) in [4.78, 5) is 11.5. The summed E-state index contributed by atoms with van der Waals surface area (Å²) in [5, 5.41) is 7.43. The van der Waals surface area contributed by atoms with Crippen LogP contribution >= 0.6 is 23.2 Å². The second-order valence-corrected chi connectivity index (χ2v) is 10.5. The minimum absolute atomic E-state index is 0.266. The lowest BCUT2D eigenvalue weighted by Crippen LogP contribution is -2.40. The van der Waals surface area contributed by atoms with Crippen LogP contribution in [0, 0.1) is 11.6 Å². The molecule has 2 N–H and O–H groups in total. The number of amides is 2. The predicted octanol–water partition coefficient (Wildman–Crippen LogP) is 5.22. The van der Waals surface area contributed by atoms with Gasteiger partial charge in [-0.1, -0.05) is 29.3 Å². The molecule has 1 aliphatic rings. The molecule has 0 fully saturated rings. The first-order chi connectivity index (χ1) is 17.0. The third-order valence-corrected chi connectivity index (χ3v) is 7.48. The molecule has 0 atom stereocenters. The van der Waals surface area contributed by atoms with Gasteiger partial charge in [0.2, 0.25) is 0 Å². The maximum atomic E-state index is 15.2. The molecular weight excluding hydrogens is 540 g/mol. The number of fused-ring (bicyclic) bond motifs is 1. The molecule has 7 nitrogen and oxygen atoms in total. The third-order valence-electron chi connectivity index (χ3n) is 5.57. The van der Waals surface area contributed by atoms with Crippen LogP contribution in [0.4, 0.5) is 18.0 Å². The molecule has 190 valence electrons. The first-order valence-corrected chi connectivity index (χ1v) is 12.9. The number of hydrogen-bond acceptors (Lipinski definition) is 4. The molecule has 36 heavy (non-hydrogen) atoms. The Kier molecular flexibility index (Phi) is 7.62. The van der Waals surface area contributed by atoms with Gasteiger partial charge in [0.15, 0.2) is 11.6 Å². The summed E-state index contributed by atoms with van der Waals surface area (Å²) in [5.74, 6) is -3.30. The first-order valence-electron chi connectivity index (χ1n) is 10.7. The number of aryl methyl sites for hydroxylation is 1. The van der Waals surface area contributed by atoms with Gasteiger partial charge in [0.1, 0.15) is 5.83 Å². The van der Waals surface area contributed by atoms with Crippen molar-refractivity contribution < 1.29 is 26.4 Å². The van der Waals surface area contributed by atoms with Crippen molar-refractivity contribution >= 4 is 44.8 Å². The molecule has 0 spiro atoms. The van der Waals surface area contributed by atoms with Crippen LogP contribution in [0.5, 0.6) is 0 Å². The van der Waals surface area contributed by atoms with Crippen LogP contribution in [-0.4, -0.2) is 30.8 Å². The average molecular weight is 559 g/mol. The zero-order valence-electron chi connectivity index (χ0n) is 18.5. The molecular formula is C23H19Cl2F3N4O3S. The van der Waals surface area contributed by atoms with Crippen LogP contribution in [0.1, 0.15) is 29.7 Å². The second kappa shape index (κ2) is 10.5. The Morgan fingerprint density at radius 3 is 2.58 bits per heavy atom. The molecule has 4 rings (SSSR count). The minimum atomic E-state index is -4.50. The number of aromatic nitrogens is 2. The number of rotatable bonds is 6. The van der Waals surface area contributed by atoms with E-state index in [-0.39, 0.29) is 6.54 Å². The highest BCUT2D eigenvalue weighted by Gasteiger charge is 2.25. The molecule has 13 heteroatoms. The number of carbonyl (C=O) groups excluding carboxylic acids is 1. The number of nitrogens with zero attached hydrogens (tertiary/aromatic N) is 2. The van der Waals surface area contributed by atoms with E-state index in [1.807, 2.05) is 0 Å². The van der Waals surface area contributed by atoms with Crippen molar-refractivity contribution in [2.24, 2.45) is 0 Å². The van der Waals surface area contributed by atoms with E-state index < -0.39 is 45.0 Å². The van der Waals surface area contributed by atoms with E-state index in [9.17, 15) is 22.0 Å². The summed E-state index contributed by atoms with van der Waals surface area (Å²) in [6.45, 7) is -0.330. The smallest absolute Gasteiger partial charge is 0.329 e. The van der Waals surface area contributed by atoms with Gasteiger partial charge in [-0.3, -0.25) is 4.68 Å². The van der Waals surface area contributed by atoms with Crippen molar-refractivity contribution in [2.45, 2.75) is 30.7 Å². The fourth-order valence-electron chi connectivity index (χ4n) is 3.85. The highest BCUT2D eigenvalue weighted by atomic mass is 35.5. The van der Waals surface area contributed by atoms with Gasteiger partial charge in [0.05, 0.1) is 29.9 Å². The molecule has 0 aliphatic heterocycles. The van der Waals surface area contributed by atoms with E-state index in [4.69, 9.17) is 23.2 Å². The Balaban J connectivity index is 1.49. The number of sulfonamides is 1. The summed E-state index contributed by atoms with van der Waals surface area (Å²) in [6.07, 6.45) is 3.40. The van der Waals surface area contributed by atoms with E-state index >= 15 is 4.39 Å². The molecule has 0 saturated heterocycles. The molecule has 1 aliphatic carbocycles. The zero-order chi connectivity index (χ0) is 26.0. The Morgan fingerprint density at radius 1 is 1.08 bits per heavy atom. The molecule has 3 aromatic rings. The molecule has 2 aromatic carbocycles. The van der Waals surface area contributed by atoms with E-state index in [0.29, 0.717) is 52.7 Å². The normalized spacial score (nSPS) is 14.8. The zero-order valence-corrected chi connectivity index (χ0v) is 20.8. The summed E-state index contributed by atoms with van der Waals surface area (Å²) in [6, 6.07) is 5.66. The summed E-state index contributed by atoms with van der Waals surface area (Å²) < 4.78 is 69.4. The lowest BCUT2D eigenvalue weighted by Gasteiger charge is -2.19. The Bertz CT molecular complexity index is 1480. The van der Waals surface area contributed by atoms with Gasteiger partial charge in [0.25, 0.3) is 10.0 Å². The maximum absolute atomic E-state index is 15.2. The van der Waals surface area contributed by atoms with Gasteiger partial charge in [-0.2, -0.15) is 5.10 Å². The standard InChI is InChI=1S/C23H19Cl2F3N4O3S/c24-15-5-4-14(18(25)8-15)12-32-22-13(10-30-32)2-1-3-17(22)21(28)11-29-23(33)31-36(34,35)16-6-7-19(26)20(27)9-16/h4-10H,1-3,11-12H2,(H2,29,31,33). The van der Waals surface area contributed by atoms with E-state index in [1.165, 1.54) is 0 Å². The average Bonchev–Trinajstić information content (AvgIpc) is 3.23. The molecule has 0 bridgehead atoms. The molecule has 1 aromatic heterocycles. The van der Waals surface area contributed by atoms with Gasteiger partial charge >= 0.3 is 6.03 Å². The lowest BCUT2D eigenvalue weighted by molar-refractivity contribution is 0.246. The van der Waals surface area contributed by atoms with Crippen LogP contribution in [0.3, 0.4) is 0 Å². The van der Waals surface area contributed by atoms with Crippen molar-refractivity contribution in [1.29, 1.82) is 0 Å². The van der Waals surface area contributed by atoms with Crippen molar-refractivity contribution in [2.75, 3.05) is 6.54 Å². The molecule has 0 unspecified atom stereocenters. The lowest BCUT2D eigenvalue weighted by atomic mass is 9.92. The summed E-state index contributed by atoms with van der Waals surface area (Å²) in [7, 11) is -4.50. The number of carbonyl (C=O) groups is 1. The van der Waals surface area contributed by atoms with Crippen molar-refractivity contribution in [3.05, 3.63) is 86.9 Å². The molecule has 0 radical (unpaired) electrons. The summed E-state index contributed by atoms with van der Waals surface area (Å²) in [5.41, 5.74) is 2.48. The van der Waals surface area contributed by atoms with Crippen LogP contribution in [0.25, 0.3) is 5.57 Å². The number of allylic oxidation sites excluding steroid dienone is 1. The summed E-state index contributed by atoms with van der Waals surface area (Å²) >= 11 is 12.2. The van der Waals surface area contributed by atoms with Crippen molar-refractivity contribution in [3.8, 4) is 0 Å². The molecule has 2 amide bonds. The fourth-order valence-corrected chi connectivity index (χ4v) is 5.26. The van der Waals surface area contributed by atoms with E-state index in [2.05, 4.69) is 10.4 Å². The van der Waals surface area contributed by atoms with E-state index in [1.54, 1.807) is 33.8 Å². The van der Waals surface area contributed by atoms with Gasteiger partial charge in [-0.25, -0.2) is 31.1 Å². The van der Waals surface area contributed by atoms with Crippen molar-refractivity contribution in [1.82, 2.24) is 19.8 Å². The maximum Gasteiger partial charge on any atom is 0.329 e. The van der Waals surface area contributed by atoms with Crippen molar-refractivity contribution in [3.63, 3.8) is 0 Å². The van der Waals surface area contributed by atoms with E-state index in [0.717, 1.165) is 17.2 Å². The molecule has 1 heterocycles. The second-order valence-electron chi connectivity index (χ2n) is 8.01. The quantitative estimate of drug-likeness (QED) is 0.433. The monoisotopic (exact) mass is 558 g/mol. The van der Waals surface area contributed by atoms with Gasteiger partial charge in [-0.05, 0) is 60.7 Å². The highest BCUT2D eigenvalue weighted by molar-refractivity contribution is 7.90. The number of nitrogens with one attached hydrogen (secondary N) is 2. The largest absolute Gasteiger partial charge is 0.331 e. The number of urea groups is 1. The first kappa shape index (κ1) is 26.1. The Morgan fingerprint density at radius 2 is 1.86 bits per heavy atom. The fraction of sp³-hybridized carbons (Fsp3) is 0.217. The highest BCUT2D eigenvalue weighted by Crippen LogP contribution is 2.34. The number of benzene rings is 2. The number of halogens is 5. The molecule has 0 saturated carbocycles. The Labute approximate surface area is 215 Å². The van der Waals surface area contributed by atoms with Crippen LogP contribution in [0.2, 0.25) is 10.0 Å². The van der Waals surface area contributed by atoms with Gasteiger partial charge < -0.3 is 5.32 Å². The van der Waals surface area contributed by atoms with Crippen LogP contribution in [-0.2, 0) is 23.0 Å². The third kappa shape index (κ3) is 5.69. The topological polar surface area (TPSA) is 93.1 Å². The predicted molar refractivity (Wildman–Crippen MR) is 129 cm³/mol. The van der Waals surface area contributed by atoms with Crippen LogP contribution < -0.4 is 10.0 Å². The minimum Gasteiger partial charge on any atom is -0.331 e. The van der Waals surface area contributed by atoms with Crippen LogP contribution in [0.15, 0.2) is 53.3 Å². The SMILES string of the molecule is O=C(NCC(F)=C1CCCc2cnn(Cc3ccc(Cl)cc3Cl)c21)NS(=O)(=O)c1ccc(F)c(F)c1. The Hall–Kier alpha value is -3.02. The van der Waals surface area contributed by atoms with Gasteiger partial charge in [0, 0.05) is 15.6 Å². The van der Waals surface area contributed by atoms with Gasteiger partial charge in [-0.15, -0.1) is 0 Å². The number of hydrogen-bond donors (Lipinski definition) is 2.